The number of guanidine groups is 1. The zero-order chi connectivity index (χ0) is 20.3. The molecule has 0 aromatic rings. The smallest absolute Gasteiger partial charge is 0.236 e. The lowest BCUT2D eigenvalue weighted by Gasteiger charge is -2.37. The van der Waals surface area contributed by atoms with E-state index in [1.54, 1.807) is 0 Å². The molecule has 1 amide bonds. The first-order valence-corrected chi connectivity index (χ1v) is 11.8. The van der Waals surface area contributed by atoms with Crippen molar-refractivity contribution in [2.24, 2.45) is 4.99 Å². The second kappa shape index (κ2) is 12.4. The minimum absolute atomic E-state index is 0.302. The zero-order valence-electron chi connectivity index (χ0n) is 18.4. The van der Waals surface area contributed by atoms with Crippen molar-refractivity contribution in [1.29, 1.82) is 0 Å². The van der Waals surface area contributed by atoms with Crippen molar-refractivity contribution in [2.45, 2.75) is 63.9 Å². The Labute approximate surface area is 176 Å². The van der Waals surface area contributed by atoms with E-state index in [9.17, 15) is 4.79 Å². The van der Waals surface area contributed by atoms with E-state index >= 15 is 0 Å². The van der Waals surface area contributed by atoms with Crippen LogP contribution in [-0.4, -0.2) is 98.7 Å². The molecule has 0 bridgehead atoms. The third kappa shape index (κ3) is 7.45. The molecule has 166 valence electrons. The van der Waals surface area contributed by atoms with Crippen LogP contribution in [0.2, 0.25) is 0 Å². The Morgan fingerprint density at radius 2 is 1.55 bits per heavy atom. The Bertz CT molecular complexity index is 505. The van der Waals surface area contributed by atoms with Gasteiger partial charge in [-0.05, 0) is 32.1 Å². The summed E-state index contributed by atoms with van der Waals surface area (Å²) < 4.78 is 6.08. The number of nitrogens with zero attached hydrogens (tertiary/aromatic N) is 4. The molecule has 2 aliphatic heterocycles. The summed E-state index contributed by atoms with van der Waals surface area (Å²) in [6.07, 6.45) is 11.8. The Hall–Kier alpha value is -1.34. The monoisotopic (exact) mass is 407 g/mol. The molecule has 7 nitrogen and oxygen atoms in total. The Morgan fingerprint density at radius 3 is 2.21 bits per heavy atom. The van der Waals surface area contributed by atoms with Gasteiger partial charge in [-0.1, -0.05) is 25.7 Å². The number of ether oxygens (including phenoxy) is 1. The highest BCUT2D eigenvalue weighted by molar-refractivity contribution is 5.80. The molecule has 1 saturated carbocycles. The van der Waals surface area contributed by atoms with Crippen LogP contribution < -0.4 is 5.32 Å². The van der Waals surface area contributed by atoms with E-state index < -0.39 is 0 Å². The van der Waals surface area contributed by atoms with Crippen molar-refractivity contribution in [3.05, 3.63) is 0 Å². The number of carbonyl (C=O) groups excluding carboxylic acids is 1. The molecular formula is C22H41N5O2. The summed E-state index contributed by atoms with van der Waals surface area (Å²) in [5.41, 5.74) is 0. The molecule has 2 saturated heterocycles. The summed E-state index contributed by atoms with van der Waals surface area (Å²) in [5, 5.41) is 3.46. The molecule has 0 spiro atoms. The molecule has 29 heavy (non-hydrogen) atoms. The van der Waals surface area contributed by atoms with Gasteiger partial charge in [-0.2, -0.15) is 0 Å². The fourth-order valence-electron chi connectivity index (χ4n) is 4.68. The van der Waals surface area contributed by atoms with E-state index in [4.69, 9.17) is 4.74 Å². The molecule has 3 fully saturated rings. The average molecular weight is 408 g/mol. The largest absolute Gasteiger partial charge is 0.376 e. The van der Waals surface area contributed by atoms with E-state index in [0.717, 1.165) is 71.2 Å². The minimum atomic E-state index is 0.302. The number of likely N-dealkylation sites (tertiary alicyclic amines) is 1. The quantitative estimate of drug-likeness (QED) is 0.316. The molecule has 0 unspecified atom stereocenters. The highest BCUT2D eigenvalue weighted by atomic mass is 16.5. The molecule has 1 aliphatic carbocycles. The van der Waals surface area contributed by atoms with Gasteiger partial charge >= 0.3 is 0 Å². The molecular weight excluding hydrogens is 366 g/mol. The maximum absolute atomic E-state index is 12.5. The second-order valence-electron chi connectivity index (χ2n) is 8.66. The number of rotatable bonds is 6. The van der Waals surface area contributed by atoms with Crippen LogP contribution in [0.25, 0.3) is 0 Å². The predicted octanol–water partition coefficient (Wildman–Crippen LogP) is 1.93. The number of carbonyl (C=O) groups is 1. The summed E-state index contributed by atoms with van der Waals surface area (Å²) in [5.74, 6) is 1.26. The number of hydrogen-bond donors (Lipinski definition) is 1. The first-order chi connectivity index (χ1) is 14.3. The van der Waals surface area contributed by atoms with Crippen LogP contribution in [0.3, 0.4) is 0 Å². The topological polar surface area (TPSA) is 60.4 Å². The Morgan fingerprint density at radius 1 is 0.897 bits per heavy atom. The second-order valence-corrected chi connectivity index (χ2v) is 8.66. The normalized spacial score (nSPS) is 23.1. The van der Waals surface area contributed by atoms with E-state index in [1.807, 2.05) is 11.9 Å². The fraction of sp³-hybridized carbons (Fsp3) is 0.909. The molecule has 7 heteroatoms. The number of hydrogen-bond acceptors (Lipinski definition) is 4. The van der Waals surface area contributed by atoms with E-state index in [2.05, 4.69) is 20.1 Å². The molecule has 0 aromatic heterocycles. The van der Waals surface area contributed by atoms with Gasteiger partial charge < -0.3 is 19.9 Å². The number of aliphatic imine (C=N–C) groups is 1. The van der Waals surface area contributed by atoms with Crippen molar-refractivity contribution in [2.75, 3.05) is 66.0 Å². The summed E-state index contributed by atoms with van der Waals surface area (Å²) in [6.45, 7) is 7.65. The van der Waals surface area contributed by atoms with Gasteiger partial charge in [-0.3, -0.25) is 14.7 Å². The summed E-state index contributed by atoms with van der Waals surface area (Å²) in [6, 6.07) is 0. The van der Waals surface area contributed by atoms with Crippen LogP contribution in [0, 0.1) is 0 Å². The van der Waals surface area contributed by atoms with Gasteiger partial charge in [0.1, 0.15) is 0 Å². The van der Waals surface area contributed by atoms with Crippen LogP contribution in [0.1, 0.15) is 57.8 Å². The van der Waals surface area contributed by atoms with Crippen LogP contribution in [0.5, 0.6) is 0 Å². The number of amides is 1. The molecule has 0 aromatic carbocycles. The average Bonchev–Trinajstić information content (AvgIpc) is 3.04. The van der Waals surface area contributed by atoms with Gasteiger partial charge in [-0.15, -0.1) is 0 Å². The van der Waals surface area contributed by atoms with Crippen LogP contribution >= 0.6 is 0 Å². The fourth-order valence-corrected chi connectivity index (χ4v) is 4.68. The zero-order valence-corrected chi connectivity index (χ0v) is 18.4. The molecule has 2 heterocycles. The van der Waals surface area contributed by atoms with Crippen molar-refractivity contribution < 1.29 is 9.53 Å². The van der Waals surface area contributed by atoms with Crippen LogP contribution in [0.15, 0.2) is 4.99 Å². The molecule has 3 aliphatic rings. The van der Waals surface area contributed by atoms with Crippen LogP contribution in [0.4, 0.5) is 0 Å². The molecule has 3 rings (SSSR count). The lowest BCUT2D eigenvalue weighted by molar-refractivity contribution is -0.133. The van der Waals surface area contributed by atoms with Gasteiger partial charge in [0.15, 0.2) is 5.96 Å². The standard InChI is InChI=1S/C22H41N5O2/c1-23-22(24-11-18-29-20-9-5-2-3-6-10-20)27-16-14-25(15-17-27)19-21(28)26-12-7-4-8-13-26/h20H,2-19H2,1H3,(H,23,24). The van der Waals surface area contributed by atoms with Crippen LogP contribution in [-0.2, 0) is 9.53 Å². The minimum Gasteiger partial charge on any atom is -0.376 e. The summed E-state index contributed by atoms with van der Waals surface area (Å²) in [7, 11) is 1.85. The maximum atomic E-state index is 12.5. The third-order valence-corrected chi connectivity index (χ3v) is 6.49. The SMILES string of the molecule is CN=C(NCCOC1CCCCCC1)N1CCN(CC(=O)N2CCCCC2)CC1. The number of piperazine rings is 1. The number of nitrogens with one attached hydrogen (secondary N) is 1. The van der Waals surface area contributed by atoms with Gasteiger partial charge in [0.05, 0.1) is 19.3 Å². The Balaban J connectivity index is 1.31. The number of piperidine rings is 1. The molecule has 0 atom stereocenters. The van der Waals surface area contributed by atoms with E-state index in [1.165, 1.54) is 44.9 Å². The summed E-state index contributed by atoms with van der Waals surface area (Å²) >= 11 is 0. The Kier molecular flexibility index (Phi) is 9.54. The first-order valence-electron chi connectivity index (χ1n) is 11.8. The summed E-state index contributed by atoms with van der Waals surface area (Å²) in [4.78, 5) is 23.6. The van der Waals surface area contributed by atoms with Crippen molar-refractivity contribution in [3.8, 4) is 0 Å². The van der Waals surface area contributed by atoms with Gasteiger partial charge in [0.2, 0.25) is 5.91 Å². The first kappa shape index (κ1) is 22.3. The van der Waals surface area contributed by atoms with Crippen molar-refractivity contribution >= 4 is 11.9 Å². The van der Waals surface area contributed by atoms with Crippen molar-refractivity contribution in [3.63, 3.8) is 0 Å². The highest BCUT2D eigenvalue weighted by Gasteiger charge is 2.24. The lowest BCUT2D eigenvalue weighted by atomic mass is 10.1. The van der Waals surface area contributed by atoms with Crippen molar-refractivity contribution in [1.82, 2.24) is 20.0 Å². The third-order valence-electron chi connectivity index (χ3n) is 6.49. The van der Waals surface area contributed by atoms with Gasteiger partial charge in [-0.25, -0.2) is 0 Å². The van der Waals surface area contributed by atoms with Gasteiger partial charge in [0, 0.05) is 52.9 Å². The van der Waals surface area contributed by atoms with E-state index in [-0.39, 0.29) is 0 Å². The molecule has 0 radical (unpaired) electrons. The predicted molar refractivity (Wildman–Crippen MR) is 117 cm³/mol. The van der Waals surface area contributed by atoms with E-state index in [0.29, 0.717) is 18.6 Å². The lowest BCUT2D eigenvalue weighted by Crippen LogP contribution is -2.54. The molecule has 1 N–H and O–H groups in total. The van der Waals surface area contributed by atoms with Gasteiger partial charge in [0.25, 0.3) is 0 Å². The maximum Gasteiger partial charge on any atom is 0.236 e. The highest BCUT2D eigenvalue weighted by Crippen LogP contribution is 2.19.